The normalized spacial score (nSPS) is 13.2. The fourth-order valence-corrected chi connectivity index (χ4v) is 4.30. The molecule has 0 unspecified atom stereocenters. The van der Waals surface area contributed by atoms with Gasteiger partial charge in [0, 0.05) is 22.9 Å². The van der Waals surface area contributed by atoms with Crippen LogP contribution in [-0.2, 0) is 25.5 Å². The van der Waals surface area contributed by atoms with Crippen LogP contribution in [0.25, 0.3) is 0 Å². The van der Waals surface area contributed by atoms with Crippen LogP contribution in [0.1, 0.15) is 11.3 Å². The fraction of sp³-hybridized carbons (Fsp3) is 0.316. The highest BCUT2D eigenvalue weighted by molar-refractivity contribution is 8.00. The molecule has 1 aliphatic rings. The van der Waals surface area contributed by atoms with Gasteiger partial charge in [-0.3, -0.25) is 14.4 Å². The molecule has 1 aromatic carbocycles. The maximum absolute atomic E-state index is 12.1. The molecule has 0 atom stereocenters. The molecule has 2 aromatic rings. The molecule has 0 fully saturated rings. The van der Waals surface area contributed by atoms with Crippen LogP contribution >= 0.6 is 23.1 Å². The number of fused-ring (bicyclic) bond motifs is 1. The summed E-state index contributed by atoms with van der Waals surface area (Å²) in [5, 5.41) is 4.71. The van der Waals surface area contributed by atoms with E-state index in [0.717, 1.165) is 17.0 Å². The molecule has 6 nitrogen and oxygen atoms in total. The molecule has 8 heteroatoms. The number of carbonyl (C=O) groups is 3. The average molecular weight is 405 g/mol. The van der Waals surface area contributed by atoms with Gasteiger partial charge in [0.15, 0.2) is 6.61 Å². The van der Waals surface area contributed by atoms with Crippen molar-refractivity contribution in [2.45, 2.75) is 17.7 Å². The van der Waals surface area contributed by atoms with E-state index in [1.807, 2.05) is 41.8 Å². The van der Waals surface area contributed by atoms with E-state index in [4.69, 9.17) is 4.74 Å². The van der Waals surface area contributed by atoms with E-state index in [0.29, 0.717) is 12.3 Å². The molecule has 3 rings (SSSR count). The standard InChI is InChI=1S/C19H20N2O4S2/c22-17(20-9-7-14-4-3-11-26-14)12-25-19(24)8-10-21-15-5-1-2-6-16(15)27-13-18(21)23/h1-6,11H,7-10,12-13H2,(H,20,22). The first-order valence-corrected chi connectivity index (χ1v) is 10.5. The minimum absolute atomic E-state index is 0.0298. The average Bonchev–Trinajstić information content (AvgIpc) is 3.19. The van der Waals surface area contributed by atoms with Crippen LogP contribution in [0.4, 0.5) is 5.69 Å². The number of thiophene rings is 1. The maximum Gasteiger partial charge on any atom is 0.308 e. The van der Waals surface area contributed by atoms with Crippen molar-refractivity contribution in [1.29, 1.82) is 0 Å². The summed E-state index contributed by atoms with van der Waals surface area (Å²) in [5.41, 5.74) is 0.817. The second kappa shape index (κ2) is 9.57. The predicted octanol–water partition coefficient (Wildman–Crippen LogP) is 2.48. The van der Waals surface area contributed by atoms with Gasteiger partial charge >= 0.3 is 5.97 Å². The quantitative estimate of drug-likeness (QED) is 0.684. The van der Waals surface area contributed by atoms with Crippen molar-refractivity contribution < 1.29 is 19.1 Å². The zero-order valence-corrected chi connectivity index (χ0v) is 16.3. The van der Waals surface area contributed by atoms with Crippen molar-refractivity contribution in [3.05, 3.63) is 46.7 Å². The number of carbonyl (C=O) groups excluding carboxylic acids is 3. The van der Waals surface area contributed by atoms with Crippen molar-refractivity contribution in [2.75, 3.05) is 30.3 Å². The Bertz CT molecular complexity index is 808. The molecule has 142 valence electrons. The minimum atomic E-state index is -0.494. The zero-order chi connectivity index (χ0) is 19.1. The highest BCUT2D eigenvalue weighted by atomic mass is 32.2. The van der Waals surface area contributed by atoms with Crippen molar-refractivity contribution in [1.82, 2.24) is 5.32 Å². The summed E-state index contributed by atoms with van der Waals surface area (Å²) in [6, 6.07) is 11.6. The summed E-state index contributed by atoms with van der Waals surface area (Å²) in [5.74, 6) is -0.487. The topological polar surface area (TPSA) is 75.7 Å². The molecule has 1 aromatic heterocycles. The number of rotatable bonds is 8. The van der Waals surface area contributed by atoms with E-state index in [9.17, 15) is 14.4 Å². The van der Waals surface area contributed by atoms with Gasteiger partial charge in [-0.25, -0.2) is 0 Å². The van der Waals surface area contributed by atoms with Crippen LogP contribution in [0.5, 0.6) is 0 Å². The molecule has 0 radical (unpaired) electrons. The van der Waals surface area contributed by atoms with Crippen molar-refractivity contribution in [3.8, 4) is 0 Å². The molecule has 0 saturated carbocycles. The maximum atomic E-state index is 12.1. The molecule has 2 heterocycles. The van der Waals surface area contributed by atoms with Gasteiger partial charge in [-0.2, -0.15) is 0 Å². The van der Waals surface area contributed by atoms with Crippen LogP contribution in [0.15, 0.2) is 46.7 Å². The molecular formula is C19H20N2O4S2. The second-order valence-electron chi connectivity index (χ2n) is 5.89. The van der Waals surface area contributed by atoms with Crippen LogP contribution in [0.2, 0.25) is 0 Å². The molecule has 1 aliphatic heterocycles. The number of nitrogens with zero attached hydrogens (tertiary/aromatic N) is 1. The molecule has 0 bridgehead atoms. The Morgan fingerprint density at radius 2 is 2.04 bits per heavy atom. The monoisotopic (exact) mass is 404 g/mol. The minimum Gasteiger partial charge on any atom is -0.456 e. The molecule has 0 aliphatic carbocycles. The van der Waals surface area contributed by atoms with Crippen molar-refractivity contribution in [2.24, 2.45) is 0 Å². The fourth-order valence-electron chi connectivity index (χ4n) is 2.65. The molecular weight excluding hydrogens is 384 g/mol. The lowest BCUT2D eigenvalue weighted by atomic mass is 10.2. The largest absolute Gasteiger partial charge is 0.456 e. The van der Waals surface area contributed by atoms with E-state index in [1.54, 1.807) is 16.2 Å². The van der Waals surface area contributed by atoms with E-state index < -0.39 is 5.97 Å². The first-order chi connectivity index (χ1) is 13.1. The van der Waals surface area contributed by atoms with E-state index in [2.05, 4.69) is 5.32 Å². The van der Waals surface area contributed by atoms with E-state index in [-0.39, 0.29) is 31.4 Å². The Labute approximate surface area is 165 Å². The zero-order valence-electron chi connectivity index (χ0n) is 14.7. The Morgan fingerprint density at radius 3 is 2.85 bits per heavy atom. The Hall–Kier alpha value is -2.32. The summed E-state index contributed by atoms with van der Waals surface area (Å²) in [6.07, 6.45) is 0.805. The lowest BCUT2D eigenvalue weighted by Gasteiger charge is -2.28. The van der Waals surface area contributed by atoms with Gasteiger partial charge in [-0.05, 0) is 30.0 Å². The number of anilines is 1. The van der Waals surface area contributed by atoms with E-state index >= 15 is 0 Å². The van der Waals surface area contributed by atoms with Gasteiger partial charge in [-0.1, -0.05) is 18.2 Å². The first kappa shape index (κ1) is 19.4. The second-order valence-corrected chi connectivity index (χ2v) is 7.94. The van der Waals surface area contributed by atoms with Crippen LogP contribution < -0.4 is 10.2 Å². The van der Waals surface area contributed by atoms with Crippen LogP contribution in [0.3, 0.4) is 0 Å². The summed E-state index contributed by atoms with van der Waals surface area (Å²) >= 11 is 3.13. The van der Waals surface area contributed by atoms with Gasteiger partial charge in [-0.15, -0.1) is 23.1 Å². The molecule has 0 spiro atoms. The number of nitrogens with one attached hydrogen (secondary N) is 1. The van der Waals surface area contributed by atoms with Crippen molar-refractivity contribution in [3.63, 3.8) is 0 Å². The summed E-state index contributed by atoms with van der Waals surface area (Å²) in [6.45, 7) is 0.451. The van der Waals surface area contributed by atoms with E-state index in [1.165, 1.54) is 16.6 Å². The number of ether oxygens (including phenoxy) is 1. The molecule has 1 N–H and O–H groups in total. The van der Waals surface area contributed by atoms with Gasteiger partial charge < -0.3 is 15.0 Å². The highest BCUT2D eigenvalue weighted by Gasteiger charge is 2.24. The third-order valence-electron chi connectivity index (χ3n) is 3.99. The lowest BCUT2D eigenvalue weighted by molar-refractivity contribution is -0.148. The van der Waals surface area contributed by atoms with Gasteiger partial charge in [0.2, 0.25) is 5.91 Å². The van der Waals surface area contributed by atoms with Crippen molar-refractivity contribution >= 4 is 46.6 Å². The number of thioether (sulfide) groups is 1. The SMILES string of the molecule is O=C(COC(=O)CCN1C(=O)CSc2ccccc21)NCCc1cccs1. The number of para-hydroxylation sites is 1. The third kappa shape index (κ3) is 5.58. The Kier molecular flexibility index (Phi) is 6.89. The number of hydrogen-bond acceptors (Lipinski definition) is 6. The smallest absolute Gasteiger partial charge is 0.308 e. The predicted molar refractivity (Wildman–Crippen MR) is 106 cm³/mol. The van der Waals surface area contributed by atoms with Crippen LogP contribution in [0, 0.1) is 0 Å². The number of hydrogen-bond donors (Lipinski definition) is 1. The number of amides is 2. The Balaban J connectivity index is 1.38. The Morgan fingerprint density at radius 1 is 1.19 bits per heavy atom. The van der Waals surface area contributed by atoms with Crippen LogP contribution in [-0.4, -0.2) is 43.2 Å². The summed E-state index contributed by atoms with van der Waals surface area (Å²) < 4.78 is 5.01. The summed E-state index contributed by atoms with van der Waals surface area (Å²) in [7, 11) is 0. The van der Waals surface area contributed by atoms with Gasteiger partial charge in [0.1, 0.15) is 0 Å². The molecule has 2 amide bonds. The van der Waals surface area contributed by atoms with Gasteiger partial charge in [0.05, 0.1) is 17.9 Å². The van der Waals surface area contributed by atoms with Gasteiger partial charge in [0.25, 0.3) is 5.91 Å². The summed E-state index contributed by atoms with van der Waals surface area (Å²) in [4.78, 5) is 39.6. The first-order valence-electron chi connectivity index (χ1n) is 8.60. The third-order valence-corrected chi connectivity index (χ3v) is 5.97. The highest BCUT2D eigenvalue weighted by Crippen LogP contribution is 2.34. The lowest BCUT2D eigenvalue weighted by Crippen LogP contribution is -2.37. The molecule has 0 saturated heterocycles. The number of benzene rings is 1. The molecule has 27 heavy (non-hydrogen) atoms. The number of esters is 1.